The monoisotopic (exact) mass is 517 g/mol. The van der Waals surface area contributed by atoms with Crippen molar-refractivity contribution in [2.45, 2.75) is 70.6 Å². The highest BCUT2D eigenvalue weighted by atomic mass is 16.4. The van der Waals surface area contributed by atoms with Crippen molar-refractivity contribution in [2.24, 2.45) is 11.7 Å². The van der Waals surface area contributed by atoms with E-state index in [1.807, 2.05) is 38.1 Å². The third kappa shape index (κ3) is 8.90. The van der Waals surface area contributed by atoms with Gasteiger partial charge in [0.25, 0.3) is 0 Å². The first-order valence-corrected chi connectivity index (χ1v) is 12.0. The maximum atomic E-state index is 13.3. The summed E-state index contributed by atoms with van der Waals surface area (Å²) in [6, 6.07) is 2.97. The second-order valence-corrected chi connectivity index (χ2v) is 9.44. The van der Waals surface area contributed by atoms with Gasteiger partial charge in [-0.25, -0.2) is 4.79 Å². The van der Waals surface area contributed by atoms with E-state index in [2.05, 4.69) is 20.9 Å². The third-order valence-electron chi connectivity index (χ3n) is 5.75. The lowest BCUT2D eigenvalue weighted by atomic mass is 10.00. The van der Waals surface area contributed by atoms with Crippen LogP contribution < -0.4 is 21.7 Å². The maximum absolute atomic E-state index is 13.3. The molecule has 0 aliphatic carbocycles. The number of carboxylic acid groups (broad SMARTS) is 2. The van der Waals surface area contributed by atoms with Gasteiger partial charge in [0.2, 0.25) is 17.7 Å². The highest BCUT2D eigenvalue weighted by molar-refractivity contribution is 5.94. The quantitative estimate of drug-likeness (QED) is 0.188. The summed E-state index contributed by atoms with van der Waals surface area (Å²) in [6.07, 6.45) is 1.27. The van der Waals surface area contributed by atoms with Crippen LogP contribution in [0.5, 0.6) is 0 Å². The third-order valence-corrected chi connectivity index (χ3v) is 5.75. The fourth-order valence-electron chi connectivity index (χ4n) is 3.81. The fourth-order valence-corrected chi connectivity index (χ4v) is 3.81. The second-order valence-electron chi connectivity index (χ2n) is 9.44. The van der Waals surface area contributed by atoms with Gasteiger partial charge in [-0.15, -0.1) is 0 Å². The zero-order valence-electron chi connectivity index (χ0n) is 21.1. The van der Waals surface area contributed by atoms with Gasteiger partial charge in [-0.05, 0) is 37.3 Å². The van der Waals surface area contributed by atoms with Crippen molar-refractivity contribution in [3.63, 3.8) is 0 Å². The van der Waals surface area contributed by atoms with E-state index in [-0.39, 0.29) is 25.2 Å². The minimum absolute atomic E-state index is 0.0518. The van der Waals surface area contributed by atoms with Gasteiger partial charge >= 0.3 is 11.9 Å². The van der Waals surface area contributed by atoms with Gasteiger partial charge in [-0.1, -0.05) is 32.0 Å². The lowest BCUT2D eigenvalue weighted by Gasteiger charge is -2.26. The predicted molar refractivity (Wildman–Crippen MR) is 135 cm³/mol. The number of hydrogen-bond acceptors (Lipinski definition) is 6. The number of nitrogens with two attached hydrogens (primary N) is 1. The Morgan fingerprint density at radius 3 is 2.08 bits per heavy atom. The number of aliphatic carboxylic acids is 2. The normalized spacial score (nSPS) is 14.4. The number of nitrogens with one attached hydrogen (secondary N) is 4. The number of aromatic amines is 1. The van der Waals surface area contributed by atoms with E-state index in [1.165, 1.54) is 6.92 Å². The Kier molecular flexibility index (Phi) is 10.6. The van der Waals surface area contributed by atoms with Gasteiger partial charge in [0.15, 0.2) is 0 Å². The molecule has 1 heterocycles. The summed E-state index contributed by atoms with van der Waals surface area (Å²) in [7, 11) is 0. The molecule has 1 aromatic heterocycles. The van der Waals surface area contributed by atoms with Gasteiger partial charge in [0, 0.05) is 29.9 Å². The first kappa shape index (κ1) is 29.3. The Labute approximate surface area is 214 Å². The molecule has 3 amide bonds. The van der Waals surface area contributed by atoms with Crippen molar-refractivity contribution in [1.29, 1.82) is 0 Å². The molecule has 4 unspecified atom stereocenters. The minimum atomic E-state index is -1.44. The number of carbonyl (C=O) groups is 5. The van der Waals surface area contributed by atoms with Crippen molar-refractivity contribution < 1.29 is 34.2 Å². The predicted octanol–water partition coefficient (Wildman–Crippen LogP) is 0.508. The summed E-state index contributed by atoms with van der Waals surface area (Å²) in [4.78, 5) is 64.2. The van der Waals surface area contributed by atoms with Gasteiger partial charge in [0.05, 0.1) is 6.04 Å². The van der Waals surface area contributed by atoms with Crippen LogP contribution in [0.1, 0.15) is 45.6 Å². The maximum Gasteiger partial charge on any atom is 0.326 e. The molecular weight excluding hydrogens is 482 g/mol. The van der Waals surface area contributed by atoms with Crippen LogP contribution in [-0.4, -0.2) is 69.0 Å². The second kappa shape index (κ2) is 13.4. The zero-order chi connectivity index (χ0) is 27.7. The number of hydrogen-bond donors (Lipinski definition) is 7. The number of rotatable bonds is 14. The first-order valence-electron chi connectivity index (χ1n) is 12.0. The number of para-hydroxylation sites is 1. The lowest BCUT2D eigenvalue weighted by molar-refractivity contribution is -0.143. The van der Waals surface area contributed by atoms with Crippen LogP contribution in [0.25, 0.3) is 10.9 Å². The molecule has 0 radical (unpaired) electrons. The number of amides is 3. The van der Waals surface area contributed by atoms with E-state index in [4.69, 9.17) is 10.8 Å². The van der Waals surface area contributed by atoms with E-state index in [0.29, 0.717) is 0 Å². The van der Waals surface area contributed by atoms with Crippen LogP contribution >= 0.6 is 0 Å². The van der Waals surface area contributed by atoms with Crippen molar-refractivity contribution in [3.05, 3.63) is 36.0 Å². The van der Waals surface area contributed by atoms with Crippen LogP contribution in [0.2, 0.25) is 0 Å². The SMILES string of the molecule is CC(C)CC(NC(=O)C(Cc1c[nH]c2ccccc12)NC(=O)C(C)N)C(=O)NC(CCC(=O)O)C(=O)O. The molecule has 12 heteroatoms. The Bertz CT molecular complexity index is 1130. The molecule has 37 heavy (non-hydrogen) atoms. The Hall–Kier alpha value is -3.93. The summed E-state index contributed by atoms with van der Waals surface area (Å²) in [5, 5.41) is 26.7. The van der Waals surface area contributed by atoms with E-state index >= 15 is 0 Å². The minimum Gasteiger partial charge on any atom is -0.481 e. The summed E-state index contributed by atoms with van der Waals surface area (Å²) in [5.74, 6) is -4.58. The van der Waals surface area contributed by atoms with E-state index in [9.17, 15) is 29.1 Å². The first-order chi connectivity index (χ1) is 17.4. The molecule has 0 spiro atoms. The summed E-state index contributed by atoms with van der Waals surface area (Å²) < 4.78 is 0. The number of H-pyrrole nitrogens is 1. The Morgan fingerprint density at radius 2 is 1.49 bits per heavy atom. The molecule has 0 fully saturated rings. The number of fused-ring (bicyclic) bond motifs is 1. The number of benzene rings is 1. The van der Waals surface area contributed by atoms with Crippen LogP contribution in [0.3, 0.4) is 0 Å². The molecule has 202 valence electrons. The molecule has 0 aliphatic rings. The molecule has 0 saturated carbocycles. The molecule has 0 aliphatic heterocycles. The molecule has 1 aromatic carbocycles. The topological polar surface area (TPSA) is 204 Å². The fraction of sp³-hybridized carbons (Fsp3) is 0.480. The van der Waals surface area contributed by atoms with Gasteiger partial charge < -0.3 is 36.9 Å². The average Bonchev–Trinajstić information content (AvgIpc) is 3.22. The zero-order valence-corrected chi connectivity index (χ0v) is 21.1. The standard InChI is InChI=1S/C25H35N5O7/c1-13(2)10-19(23(34)28-18(25(36)37)8-9-21(31)32)30-24(35)20(29-22(33)14(3)26)11-15-12-27-17-7-5-4-6-16(15)17/h4-7,12-14,18-20,27H,8-11,26H2,1-3H3,(H,28,34)(H,29,33)(H,30,35)(H,31,32)(H,36,37). The molecule has 0 bridgehead atoms. The smallest absolute Gasteiger partial charge is 0.326 e. The van der Waals surface area contributed by atoms with Gasteiger partial charge in [0.1, 0.15) is 18.1 Å². The molecule has 8 N–H and O–H groups in total. The Balaban J connectivity index is 2.25. The van der Waals surface area contributed by atoms with E-state index < -0.39 is 60.2 Å². The molecule has 12 nitrogen and oxygen atoms in total. The summed E-state index contributed by atoms with van der Waals surface area (Å²) in [6.45, 7) is 5.13. The van der Waals surface area contributed by atoms with E-state index in [1.54, 1.807) is 6.20 Å². The van der Waals surface area contributed by atoms with Crippen molar-refractivity contribution >= 4 is 40.6 Å². The number of carbonyl (C=O) groups excluding carboxylic acids is 3. The van der Waals surface area contributed by atoms with Crippen molar-refractivity contribution in [1.82, 2.24) is 20.9 Å². The number of carboxylic acids is 2. The molecule has 4 atom stereocenters. The van der Waals surface area contributed by atoms with Crippen LogP contribution in [0.4, 0.5) is 0 Å². The van der Waals surface area contributed by atoms with E-state index in [0.717, 1.165) is 16.5 Å². The Morgan fingerprint density at radius 1 is 0.892 bits per heavy atom. The molecular formula is C25H35N5O7. The molecule has 2 rings (SSSR count). The van der Waals surface area contributed by atoms with Crippen LogP contribution in [-0.2, 0) is 30.4 Å². The molecule has 2 aromatic rings. The average molecular weight is 518 g/mol. The summed E-state index contributed by atoms with van der Waals surface area (Å²) >= 11 is 0. The van der Waals surface area contributed by atoms with Gasteiger partial charge in [-0.3, -0.25) is 19.2 Å². The van der Waals surface area contributed by atoms with Gasteiger partial charge in [-0.2, -0.15) is 0 Å². The van der Waals surface area contributed by atoms with Crippen LogP contribution in [0.15, 0.2) is 30.5 Å². The summed E-state index contributed by atoms with van der Waals surface area (Å²) in [5.41, 5.74) is 7.31. The largest absolute Gasteiger partial charge is 0.481 e. The molecule has 0 saturated heterocycles. The van der Waals surface area contributed by atoms with Crippen molar-refractivity contribution in [2.75, 3.05) is 0 Å². The number of aromatic nitrogens is 1. The highest BCUT2D eigenvalue weighted by Crippen LogP contribution is 2.19. The van der Waals surface area contributed by atoms with Crippen molar-refractivity contribution in [3.8, 4) is 0 Å². The van der Waals surface area contributed by atoms with Crippen LogP contribution in [0, 0.1) is 5.92 Å². The lowest BCUT2D eigenvalue weighted by Crippen LogP contribution is -2.57. The highest BCUT2D eigenvalue weighted by Gasteiger charge is 2.31.